The summed E-state index contributed by atoms with van der Waals surface area (Å²) < 4.78 is 10.5. The molecule has 0 bridgehead atoms. The molecule has 0 radical (unpaired) electrons. The van der Waals surface area contributed by atoms with E-state index in [0.717, 1.165) is 18.2 Å². The number of nitrogens with one attached hydrogen (secondary N) is 2. The van der Waals surface area contributed by atoms with E-state index in [-0.39, 0.29) is 24.1 Å². The van der Waals surface area contributed by atoms with Gasteiger partial charge in [-0.15, -0.1) is 0 Å². The van der Waals surface area contributed by atoms with Crippen LogP contribution in [0, 0.1) is 0 Å². The third-order valence-corrected chi connectivity index (χ3v) is 3.81. The molecule has 1 atom stereocenters. The van der Waals surface area contributed by atoms with E-state index < -0.39 is 0 Å². The number of methoxy groups -OCH3 is 1. The molecule has 2 aromatic rings. The number of hydrogen-bond donors (Lipinski definition) is 2. The Labute approximate surface area is 127 Å². The molecule has 1 amide bonds. The lowest BCUT2D eigenvalue weighted by atomic mass is 10.1. The van der Waals surface area contributed by atoms with Crippen molar-refractivity contribution in [1.82, 2.24) is 10.3 Å². The standard InChI is InChI=1S/C16H18N2O4/c1-21-12-5-4-10-7-11(15(19)18-13(10)8-12)9-17-16(20)14-3-2-6-22-14/h4-5,7-8,14H,2-3,6,9H2,1H3,(H,17,20)(H,18,19). The fourth-order valence-corrected chi connectivity index (χ4v) is 2.56. The van der Waals surface area contributed by atoms with Crippen molar-refractivity contribution < 1.29 is 14.3 Å². The normalized spacial score (nSPS) is 17.6. The first-order chi connectivity index (χ1) is 10.7. The number of aromatic nitrogens is 1. The Balaban J connectivity index is 1.77. The van der Waals surface area contributed by atoms with Crippen LogP contribution < -0.4 is 15.6 Å². The molecular formula is C16H18N2O4. The van der Waals surface area contributed by atoms with Crippen molar-refractivity contribution in [3.05, 3.63) is 40.2 Å². The van der Waals surface area contributed by atoms with E-state index in [9.17, 15) is 9.59 Å². The summed E-state index contributed by atoms with van der Waals surface area (Å²) in [6.45, 7) is 0.812. The molecule has 6 nitrogen and oxygen atoms in total. The molecular weight excluding hydrogens is 284 g/mol. The Bertz CT molecular complexity index is 747. The third kappa shape index (κ3) is 2.96. The number of fused-ring (bicyclic) bond motifs is 1. The zero-order valence-corrected chi connectivity index (χ0v) is 12.3. The largest absolute Gasteiger partial charge is 0.497 e. The summed E-state index contributed by atoms with van der Waals surface area (Å²) in [7, 11) is 1.58. The summed E-state index contributed by atoms with van der Waals surface area (Å²) >= 11 is 0. The molecule has 116 valence electrons. The van der Waals surface area contributed by atoms with Crippen LogP contribution >= 0.6 is 0 Å². The molecule has 0 aliphatic carbocycles. The molecule has 1 aromatic carbocycles. The SMILES string of the molecule is COc1ccc2cc(CNC(=O)C3CCCO3)c(=O)[nH]c2c1. The monoisotopic (exact) mass is 302 g/mol. The van der Waals surface area contributed by atoms with E-state index in [1.807, 2.05) is 12.1 Å². The Morgan fingerprint density at radius 3 is 3.05 bits per heavy atom. The Morgan fingerprint density at radius 2 is 2.32 bits per heavy atom. The van der Waals surface area contributed by atoms with Crippen LogP contribution in [0.3, 0.4) is 0 Å². The van der Waals surface area contributed by atoms with Gasteiger partial charge in [-0.25, -0.2) is 0 Å². The van der Waals surface area contributed by atoms with E-state index in [2.05, 4.69) is 10.3 Å². The molecule has 1 saturated heterocycles. The predicted octanol–water partition coefficient (Wildman–Crippen LogP) is 1.33. The molecule has 3 rings (SSSR count). The summed E-state index contributed by atoms with van der Waals surface area (Å²) in [5, 5.41) is 3.65. The second-order valence-corrected chi connectivity index (χ2v) is 5.30. The highest BCUT2D eigenvalue weighted by Crippen LogP contribution is 2.18. The first kappa shape index (κ1) is 14.6. The quantitative estimate of drug-likeness (QED) is 0.893. The number of rotatable bonds is 4. The number of benzene rings is 1. The van der Waals surface area contributed by atoms with Gasteiger partial charge < -0.3 is 19.8 Å². The van der Waals surface area contributed by atoms with Crippen LogP contribution in [0.2, 0.25) is 0 Å². The number of aromatic amines is 1. The van der Waals surface area contributed by atoms with Crippen molar-refractivity contribution >= 4 is 16.8 Å². The zero-order valence-electron chi connectivity index (χ0n) is 12.3. The van der Waals surface area contributed by atoms with Crippen LogP contribution in [0.15, 0.2) is 29.1 Å². The van der Waals surface area contributed by atoms with Gasteiger partial charge in [0.25, 0.3) is 5.56 Å². The second-order valence-electron chi connectivity index (χ2n) is 5.30. The van der Waals surface area contributed by atoms with E-state index >= 15 is 0 Å². The minimum absolute atomic E-state index is 0.160. The molecule has 2 N–H and O–H groups in total. The Morgan fingerprint density at radius 1 is 1.45 bits per heavy atom. The van der Waals surface area contributed by atoms with Crippen LogP contribution in [0.1, 0.15) is 18.4 Å². The molecule has 1 aliphatic heterocycles. The van der Waals surface area contributed by atoms with Gasteiger partial charge in [-0.3, -0.25) is 9.59 Å². The Hall–Kier alpha value is -2.34. The minimum atomic E-state index is -0.385. The van der Waals surface area contributed by atoms with Gasteiger partial charge in [0.15, 0.2) is 0 Å². The van der Waals surface area contributed by atoms with Crippen molar-refractivity contribution in [2.75, 3.05) is 13.7 Å². The lowest BCUT2D eigenvalue weighted by Crippen LogP contribution is -2.35. The summed E-state index contributed by atoms with van der Waals surface area (Å²) in [6.07, 6.45) is 1.25. The summed E-state index contributed by atoms with van der Waals surface area (Å²) in [4.78, 5) is 26.8. The molecule has 1 aliphatic rings. The highest BCUT2D eigenvalue weighted by molar-refractivity contribution is 5.82. The smallest absolute Gasteiger partial charge is 0.253 e. The number of pyridine rings is 1. The summed E-state index contributed by atoms with van der Waals surface area (Å²) in [5.74, 6) is 0.523. The van der Waals surface area contributed by atoms with Gasteiger partial charge in [0.2, 0.25) is 5.91 Å². The van der Waals surface area contributed by atoms with E-state index in [4.69, 9.17) is 9.47 Å². The first-order valence-corrected chi connectivity index (χ1v) is 7.26. The lowest BCUT2D eigenvalue weighted by Gasteiger charge is -2.10. The van der Waals surface area contributed by atoms with Gasteiger partial charge in [0.1, 0.15) is 11.9 Å². The maximum Gasteiger partial charge on any atom is 0.253 e. The lowest BCUT2D eigenvalue weighted by molar-refractivity contribution is -0.130. The predicted molar refractivity (Wildman–Crippen MR) is 81.9 cm³/mol. The molecule has 0 saturated carbocycles. The molecule has 2 heterocycles. The fraction of sp³-hybridized carbons (Fsp3) is 0.375. The molecule has 22 heavy (non-hydrogen) atoms. The number of ether oxygens (including phenoxy) is 2. The number of hydrogen-bond acceptors (Lipinski definition) is 4. The third-order valence-electron chi connectivity index (χ3n) is 3.81. The van der Waals surface area contributed by atoms with Crippen molar-refractivity contribution in [3.8, 4) is 5.75 Å². The van der Waals surface area contributed by atoms with E-state index in [1.54, 1.807) is 19.2 Å². The Kier molecular flexibility index (Phi) is 4.11. The molecule has 1 aromatic heterocycles. The maximum atomic E-state index is 12.1. The number of carbonyl (C=O) groups is 1. The van der Waals surface area contributed by atoms with Crippen LogP contribution in [0.5, 0.6) is 5.75 Å². The van der Waals surface area contributed by atoms with Crippen LogP contribution in [-0.2, 0) is 16.1 Å². The minimum Gasteiger partial charge on any atom is -0.497 e. The summed E-state index contributed by atoms with van der Waals surface area (Å²) in [5.41, 5.74) is 1.01. The van der Waals surface area contributed by atoms with Crippen molar-refractivity contribution in [2.45, 2.75) is 25.5 Å². The van der Waals surface area contributed by atoms with Crippen LogP contribution in [0.25, 0.3) is 10.9 Å². The highest BCUT2D eigenvalue weighted by Gasteiger charge is 2.23. The van der Waals surface area contributed by atoms with Gasteiger partial charge >= 0.3 is 0 Å². The number of H-pyrrole nitrogens is 1. The van der Waals surface area contributed by atoms with Crippen molar-refractivity contribution in [3.63, 3.8) is 0 Å². The van der Waals surface area contributed by atoms with Gasteiger partial charge in [-0.05, 0) is 36.4 Å². The van der Waals surface area contributed by atoms with E-state index in [1.165, 1.54) is 0 Å². The topological polar surface area (TPSA) is 80.4 Å². The average Bonchev–Trinajstić information content (AvgIpc) is 3.06. The van der Waals surface area contributed by atoms with Gasteiger partial charge in [0.05, 0.1) is 12.6 Å². The molecule has 6 heteroatoms. The van der Waals surface area contributed by atoms with Crippen LogP contribution in [0.4, 0.5) is 0 Å². The molecule has 0 spiro atoms. The van der Waals surface area contributed by atoms with Gasteiger partial charge in [0, 0.05) is 24.8 Å². The first-order valence-electron chi connectivity index (χ1n) is 7.26. The molecule has 1 fully saturated rings. The van der Waals surface area contributed by atoms with Gasteiger partial charge in [-0.1, -0.05) is 0 Å². The van der Waals surface area contributed by atoms with Crippen molar-refractivity contribution in [2.24, 2.45) is 0 Å². The summed E-state index contributed by atoms with van der Waals surface area (Å²) in [6, 6.07) is 7.25. The maximum absolute atomic E-state index is 12.1. The highest BCUT2D eigenvalue weighted by atomic mass is 16.5. The second kappa shape index (κ2) is 6.19. The van der Waals surface area contributed by atoms with Gasteiger partial charge in [-0.2, -0.15) is 0 Å². The average molecular weight is 302 g/mol. The van der Waals surface area contributed by atoms with E-state index in [0.29, 0.717) is 23.4 Å². The number of amides is 1. The van der Waals surface area contributed by atoms with Crippen LogP contribution in [-0.4, -0.2) is 30.7 Å². The fourth-order valence-electron chi connectivity index (χ4n) is 2.56. The molecule has 1 unspecified atom stereocenters. The number of carbonyl (C=O) groups excluding carboxylic acids is 1. The van der Waals surface area contributed by atoms with Crippen molar-refractivity contribution in [1.29, 1.82) is 0 Å². The zero-order chi connectivity index (χ0) is 15.5.